The van der Waals surface area contributed by atoms with Gasteiger partial charge in [-0.15, -0.1) is 11.3 Å². The maximum absolute atomic E-state index is 12.5. The molecule has 0 bridgehead atoms. The Bertz CT molecular complexity index is 693. The van der Waals surface area contributed by atoms with Crippen molar-refractivity contribution < 1.29 is 14.5 Å². The van der Waals surface area contributed by atoms with Gasteiger partial charge in [-0.3, -0.25) is 15.0 Å². The van der Waals surface area contributed by atoms with Crippen LogP contribution in [-0.2, 0) is 11.2 Å². The molecule has 0 aliphatic heterocycles. The monoisotopic (exact) mass is 349 g/mol. The van der Waals surface area contributed by atoms with Crippen LogP contribution >= 0.6 is 11.3 Å². The van der Waals surface area contributed by atoms with Gasteiger partial charge in [0.15, 0.2) is 0 Å². The predicted octanol–water partition coefficient (Wildman–Crippen LogP) is 4.04. The summed E-state index contributed by atoms with van der Waals surface area (Å²) in [5, 5.41) is 12.7. The highest BCUT2D eigenvalue weighted by Gasteiger charge is 2.24. The molecule has 8 heteroatoms. The van der Waals surface area contributed by atoms with Crippen LogP contribution < -0.4 is 4.90 Å². The number of carbonyl (C=O) groups is 1. The second kappa shape index (κ2) is 7.39. The molecular weight excluding hydrogens is 330 g/mol. The minimum atomic E-state index is -0.628. The molecule has 0 atom stereocenters. The topological polar surface area (TPSA) is 85.6 Å². The number of nitro groups is 1. The van der Waals surface area contributed by atoms with E-state index in [9.17, 15) is 14.9 Å². The third kappa shape index (κ3) is 5.02. The van der Waals surface area contributed by atoms with Gasteiger partial charge >= 0.3 is 6.09 Å². The number of hydrogen-bond acceptors (Lipinski definition) is 6. The number of rotatable bonds is 5. The van der Waals surface area contributed by atoms with E-state index in [1.165, 1.54) is 28.4 Å². The summed E-state index contributed by atoms with van der Waals surface area (Å²) in [5.74, 6) is 0. The van der Waals surface area contributed by atoms with Crippen molar-refractivity contribution in [2.75, 3.05) is 11.4 Å². The van der Waals surface area contributed by atoms with Crippen molar-refractivity contribution in [1.82, 2.24) is 4.98 Å². The maximum Gasteiger partial charge on any atom is 0.414 e. The minimum absolute atomic E-state index is 0.0256. The fourth-order valence-electron chi connectivity index (χ4n) is 1.98. The number of thiazole rings is 1. The molecule has 1 aromatic carbocycles. The summed E-state index contributed by atoms with van der Waals surface area (Å²) in [6.07, 6.45) is 0.0753. The van der Waals surface area contributed by atoms with Crippen LogP contribution in [0.4, 0.5) is 16.2 Å². The first kappa shape index (κ1) is 17.9. The number of non-ortho nitro benzene ring substituents is 1. The molecule has 1 amide bonds. The van der Waals surface area contributed by atoms with Crippen molar-refractivity contribution >= 4 is 28.8 Å². The predicted molar refractivity (Wildman–Crippen MR) is 92.5 cm³/mol. The molecule has 0 spiro atoms. The molecule has 2 rings (SSSR count). The van der Waals surface area contributed by atoms with E-state index >= 15 is 0 Å². The Morgan fingerprint density at radius 1 is 1.33 bits per heavy atom. The van der Waals surface area contributed by atoms with E-state index in [2.05, 4.69) is 4.98 Å². The van der Waals surface area contributed by atoms with E-state index in [1.54, 1.807) is 38.4 Å². The molecule has 0 radical (unpaired) electrons. The van der Waals surface area contributed by atoms with Gasteiger partial charge in [-0.1, -0.05) is 0 Å². The summed E-state index contributed by atoms with van der Waals surface area (Å²) in [7, 11) is 0. The third-order valence-corrected chi connectivity index (χ3v) is 3.70. The number of nitrogens with zero attached hydrogens (tertiary/aromatic N) is 3. The summed E-state index contributed by atoms with van der Waals surface area (Å²) in [6, 6.07) is 5.83. The van der Waals surface area contributed by atoms with Crippen molar-refractivity contribution in [2.24, 2.45) is 0 Å². The molecule has 0 fully saturated rings. The summed E-state index contributed by atoms with van der Waals surface area (Å²) in [5.41, 5.74) is 2.51. The highest BCUT2D eigenvalue weighted by Crippen LogP contribution is 2.22. The molecule has 1 heterocycles. The largest absolute Gasteiger partial charge is 0.443 e. The molecule has 128 valence electrons. The second-order valence-corrected chi connectivity index (χ2v) is 6.85. The Morgan fingerprint density at radius 2 is 2.00 bits per heavy atom. The maximum atomic E-state index is 12.5. The molecular formula is C16H19N3O4S. The zero-order valence-electron chi connectivity index (χ0n) is 13.8. The lowest BCUT2D eigenvalue weighted by Gasteiger charge is -2.27. The lowest BCUT2D eigenvalue weighted by atomic mass is 10.2. The van der Waals surface area contributed by atoms with Gasteiger partial charge in [-0.05, 0) is 32.9 Å². The molecule has 7 nitrogen and oxygen atoms in total. The van der Waals surface area contributed by atoms with Crippen molar-refractivity contribution in [3.63, 3.8) is 0 Å². The first-order valence-corrected chi connectivity index (χ1v) is 8.32. The number of benzene rings is 1. The van der Waals surface area contributed by atoms with E-state index in [1.807, 2.05) is 5.38 Å². The number of amides is 1. The van der Waals surface area contributed by atoms with Crippen LogP contribution in [0.1, 0.15) is 26.5 Å². The molecule has 0 aliphatic carbocycles. The van der Waals surface area contributed by atoms with Crippen LogP contribution in [0, 0.1) is 10.1 Å². The Kier molecular flexibility index (Phi) is 5.50. The standard InChI is InChI=1S/C16H19N3O4S/c1-16(2,3)23-15(20)18(9-8-12-10-24-11-17-12)13-4-6-14(7-5-13)19(21)22/h4-7,10-11H,8-9H2,1-3H3. The van der Waals surface area contributed by atoms with Gasteiger partial charge in [0.1, 0.15) is 5.60 Å². The number of ether oxygens (including phenoxy) is 1. The number of aromatic nitrogens is 1. The van der Waals surface area contributed by atoms with Crippen LogP contribution in [-0.4, -0.2) is 28.1 Å². The summed E-state index contributed by atoms with van der Waals surface area (Å²) in [4.78, 5) is 28.5. The van der Waals surface area contributed by atoms with Crippen molar-refractivity contribution in [1.29, 1.82) is 0 Å². The van der Waals surface area contributed by atoms with Crippen LogP contribution in [0.2, 0.25) is 0 Å². The number of hydrogen-bond donors (Lipinski definition) is 0. The number of anilines is 1. The first-order chi connectivity index (χ1) is 11.3. The fourth-order valence-corrected chi connectivity index (χ4v) is 2.58. The number of nitro benzene ring substituents is 1. The van der Waals surface area contributed by atoms with E-state index in [0.717, 1.165) is 5.69 Å². The summed E-state index contributed by atoms with van der Waals surface area (Å²) >= 11 is 1.49. The average molecular weight is 349 g/mol. The van der Waals surface area contributed by atoms with Crippen LogP contribution in [0.25, 0.3) is 0 Å². The van der Waals surface area contributed by atoms with Gasteiger partial charge in [0, 0.05) is 36.2 Å². The summed E-state index contributed by atoms with van der Waals surface area (Å²) < 4.78 is 5.44. The van der Waals surface area contributed by atoms with E-state index in [4.69, 9.17) is 4.74 Å². The molecule has 24 heavy (non-hydrogen) atoms. The molecule has 0 saturated heterocycles. The molecule has 2 aromatic rings. The second-order valence-electron chi connectivity index (χ2n) is 6.14. The van der Waals surface area contributed by atoms with E-state index in [0.29, 0.717) is 18.7 Å². The van der Waals surface area contributed by atoms with Gasteiger partial charge in [-0.25, -0.2) is 9.78 Å². The lowest BCUT2D eigenvalue weighted by Crippen LogP contribution is -2.38. The van der Waals surface area contributed by atoms with Crippen molar-refractivity contribution in [3.8, 4) is 0 Å². The van der Waals surface area contributed by atoms with Crippen LogP contribution in [0.5, 0.6) is 0 Å². The Morgan fingerprint density at radius 3 is 2.50 bits per heavy atom. The van der Waals surface area contributed by atoms with Crippen molar-refractivity contribution in [2.45, 2.75) is 32.8 Å². The molecule has 0 N–H and O–H groups in total. The van der Waals surface area contributed by atoms with Gasteiger partial charge in [0.05, 0.1) is 16.1 Å². The van der Waals surface area contributed by atoms with Crippen LogP contribution in [0.15, 0.2) is 35.2 Å². The quantitative estimate of drug-likeness (QED) is 0.601. The molecule has 0 aliphatic rings. The lowest BCUT2D eigenvalue weighted by molar-refractivity contribution is -0.384. The molecule has 1 aromatic heterocycles. The highest BCUT2D eigenvalue weighted by atomic mass is 32.1. The molecule has 0 unspecified atom stereocenters. The average Bonchev–Trinajstić information content (AvgIpc) is 2.99. The van der Waals surface area contributed by atoms with Gasteiger partial charge in [-0.2, -0.15) is 0 Å². The highest BCUT2D eigenvalue weighted by molar-refractivity contribution is 7.07. The normalized spacial score (nSPS) is 11.1. The fraction of sp³-hybridized carbons (Fsp3) is 0.375. The van der Waals surface area contributed by atoms with E-state index in [-0.39, 0.29) is 5.69 Å². The van der Waals surface area contributed by atoms with E-state index < -0.39 is 16.6 Å². The third-order valence-electron chi connectivity index (χ3n) is 3.06. The van der Waals surface area contributed by atoms with Gasteiger partial charge in [0.2, 0.25) is 0 Å². The van der Waals surface area contributed by atoms with Crippen molar-refractivity contribution in [3.05, 3.63) is 51.0 Å². The first-order valence-electron chi connectivity index (χ1n) is 7.38. The minimum Gasteiger partial charge on any atom is -0.443 e. The molecule has 0 saturated carbocycles. The smallest absolute Gasteiger partial charge is 0.414 e. The Labute approximate surface area is 144 Å². The Hall–Kier alpha value is -2.48. The van der Waals surface area contributed by atoms with Gasteiger partial charge < -0.3 is 4.74 Å². The summed E-state index contributed by atoms with van der Waals surface area (Å²) in [6.45, 7) is 5.74. The zero-order valence-corrected chi connectivity index (χ0v) is 14.6. The number of carbonyl (C=O) groups excluding carboxylic acids is 1. The zero-order chi connectivity index (χ0) is 17.7. The SMILES string of the molecule is CC(C)(C)OC(=O)N(CCc1cscn1)c1ccc([N+](=O)[O-])cc1. The van der Waals surface area contributed by atoms with Gasteiger partial charge in [0.25, 0.3) is 5.69 Å². The Balaban J connectivity index is 2.20. The van der Waals surface area contributed by atoms with Crippen LogP contribution in [0.3, 0.4) is 0 Å².